The van der Waals surface area contributed by atoms with Crippen LogP contribution in [-0.4, -0.2) is 26.2 Å². The first-order chi connectivity index (χ1) is 7.02. The number of hydrogen-bond acceptors (Lipinski definition) is 3. The Labute approximate surface area is 90.7 Å². The Morgan fingerprint density at radius 1 is 1.27 bits per heavy atom. The van der Waals surface area contributed by atoms with Crippen LogP contribution in [0.4, 0.5) is 5.69 Å². The number of nitrogens with zero attached hydrogens (tertiary/aromatic N) is 1. The summed E-state index contributed by atoms with van der Waals surface area (Å²) in [7, 11) is 3.81. The van der Waals surface area contributed by atoms with Crippen molar-refractivity contribution in [3.63, 3.8) is 0 Å². The van der Waals surface area contributed by atoms with Crippen molar-refractivity contribution in [3.05, 3.63) is 29.8 Å². The van der Waals surface area contributed by atoms with Crippen molar-refractivity contribution in [3.8, 4) is 0 Å². The van der Waals surface area contributed by atoms with Gasteiger partial charge in [0, 0.05) is 14.1 Å². The standard InChI is InChI=1S/C12H17NO2/c1-9(2)15-12(14)10-7-5-6-8-11(10)13(3)4/h5-9H,1-4H3. The molecule has 0 unspecified atom stereocenters. The van der Waals surface area contributed by atoms with Gasteiger partial charge in [0.25, 0.3) is 0 Å². The van der Waals surface area contributed by atoms with E-state index in [0.29, 0.717) is 5.56 Å². The van der Waals surface area contributed by atoms with Crippen LogP contribution in [0.1, 0.15) is 24.2 Å². The van der Waals surface area contributed by atoms with Crippen molar-refractivity contribution in [2.45, 2.75) is 20.0 Å². The van der Waals surface area contributed by atoms with E-state index < -0.39 is 0 Å². The van der Waals surface area contributed by atoms with Crippen LogP contribution in [0.15, 0.2) is 24.3 Å². The number of hydrogen-bond donors (Lipinski definition) is 0. The Morgan fingerprint density at radius 2 is 1.87 bits per heavy atom. The van der Waals surface area contributed by atoms with Gasteiger partial charge in [0.1, 0.15) is 0 Å². The maximum atomic E-state index is 11.7. The summed E-state index contributed by atoms with van der Waals surface area (Å²) in [5.74, 6) is -0.269. The van der Waals surface area contributed by atoms with Gasteiger partial charge < -0.3 is 9.64 Å². The summed E-state index contributed by atoms with van der Waals surface area (Å²) in [5, 5.41) is 0. The van der Waals surface area contributed by atoms with Gasteiger partial charge in [0.05, 0.1) is 17.4 Å². The predicted octanol–water partition coefficient (Wildman–Crippen LogP) is 2.32. The molecule has 15 heavy (non-hydrogen) atoms. The van der Waals surface area contributed by atoms with Crippen LogP contribution in [0.2, 0.25) is 0 Å². The fourth-order valence-electron chi connectivity index (χ4n) is 1.31. The Morgan fingerprint density at radius 3 is 2.40 bits per heavy atom. The lowest BCUT2D eigenvalue weighted by Crippen LogP contribution is -2.17. The Balaban J connectivity index is 2.97. The van der Waals surface area contributed by atoms with Gasteiger partial charge in [-0.2, -0.15) is 0 Å². The Hall–Kier alpha value is -1.51. The van der Waals surface area contributed by atoms with E-state index in [2.05, 4.69) is 0 Å². The van der Waals surface area contributed by atoms with Crippen molar-refractivity contribution in [2.24, 2.45) is 0 Å². The van der Waals surface area contributed by atoms with Gasteiger partial charge in [0.2, 0.25) is 0 Å². The number of rotatable bonds is 3. The number of carbonyl (C=O) groups is 1. The fraction of sp³-hybridized carbons (Fsp3) is 0.417. The Bertz CT molecular complexity index is 345. The van der Waals surface area contributed by atoms with Crippen molar-refractivity contribution in [1.29, 1.82) is 0 Å². The molecule has 0 radical (unpaired) electrons. The minimum Gasteiger partial charge on any atom is -0.459 e. The zero-order valence-electron chi connectivity index (χ0n) is 9.65. The van der Waals surface area contributed by atoms with Gasteiger partial charge in [-0.15, -0.1) is 0 Å². The van der Waals surface area contributed by atoms with E-state index in [4.69, 9.17) is 4.74 Å². The van der Waals surface area contributed by atoms with Crippen LogP contribution in [0, 0.1) is 0 Å². The lowest BCUT2D eigenvalue weighted by Gasteiger charge is -2.17. The normalized spacial score (nSPS) is 10.2. The van der Waals surface area contributed by atoms with Gasteiger partial charge >= 0.3 is 5.97 Å². The molecule has 3 heteroatoms. The number of ether oxygens (including phenoxy) is 1. The average molecular weight is 207 g/mol. The molecule has 3 nitrogen and oxygen atoms in total. The first-order valence-electron chi connectivity index (χ1n) is 4.99. The summed E-state index contributed by atoms with van der Waals surface area (Å²) in [6, 6.07) is 7.42. The lowest BCUT2D eigenvalue weighted by molar-refractivity contribution is 0.0379. The van der Waals surface area contributed by atoms with E-state index in [1.54, 1.807) is 6.07 Å². The molecular formula is C12H17NO2. The zero-order chi connectivity index (χ0) is 11.4. The molecule has 0 aliphatic rings. The number of para-hydroxylation sites is 1. The molecule has 0 bridgehead atoms. The molecule has 0 aliphatic carbocycles. The molecule has 0 aromatic heterocycles. The van der Waals surface area contributed by atoms with Crippen LogP contribution >= 0.6 is 0 Å². The van der Waals surface area contributed by atoms with Gasteiger partial charge in [0.15, 0.2) is 0 Å². The molecule has 0 spiro atoms. The maximum absolute atomic E-state index is 11.7. The maximum Gasteiger partial charge on any atom is 0.340 e. The third-order valence-electron chi connectivity index (χ3n) is 1.95. The second kappa shape index (κ2) is 4.82. The van der Waals surface area contributed by atoms with Crippen LogP contribution in [-0.2, 0) is 4.74 Å². The van der Waals surface area contributed by atoms with E-state index in [0.717, 1.165) is 5.69 Å². The highest BCUT2D eigenvalue weighted by molar-refractivity contribution is 5.95. The summed E-state index contributed by atoms with van der Waals surface area (Å²) >= 11 is 0. The lowest BCUT2D eigenvalue weighted by atomic mass is 10.1. The predicted molar refractivity (Wildman–Crippen MR) is 61.3 cm³/mol. The molecule has 1 aromatic carbocycles. The van der Waals surface area contributed by atoms with Gasteiger partial charge in [-0.1, -0.05) is 12.1 Å². The molecule has 0 fully saturated rings. The van der Waals surface area contributed by atoms with E-state index in [-0.39, 0.29) is 12.1 Å². The summed E-state index contributed by atoms with van der Waals surface area (Å²) in [6.07, 6.45) is -0.0901. The van der Waals surface area contributed by atoms with E-state index in [1.165, 1.54) is 0 Å². The molecule has 0 amide bonds. The van der Waals surface area contributed by atoms with Crippen molar-refractivity contribution in [1.82, 2.24) is 0 Å². The van der Waals surface area contributed by atoms with E-state index in [9.17, 15) is 4.79 Å². The molecule has 0 saturated heterocycles. The van der Waals surface area contributed by atoms with Gasteiger partial charge in [-0.05, 0) is 26.0 Å². The molecule has 82 valence electrons. The highest BCUT2D eigenvalue weighted by Crippen LogP contribution is 2.19. The van der Waals surface area contributed by atoms with Crippen molar-refractivity contribution < 1.29 is 9.53 Å². The largest absolute Gasteiger partial charge is 0.459 e. The average Bonchev–Trinajstić information content (AvgIpc) is 2.16. The highest BCUT2D eigenvalue weighted by atomic mass is 16.5. The third kappa shape index (κ3) is 2.98. The monoisotopic (exact) mass is 207 g/mol. The molecule has 0 saturated carbocycles. The molecule has 0 aliphatic heterocycles. The molecule has 1 rings (SSSR count). The number of benzene rings is 1. The molecule has 1 aromatic rings. The second-order valence-corrected chi connectivity index (χ2v) is 3.87. The molecule has 0 atom stereocenters. The van der Waals surface area contributed by atoms with Crippen LogP contribution in [0.5, 0.6) is 0 Å². The first-order valence-corrected chi connectivity index (χ1v) is 4.99. The SMILES string of the molecule is CC(C)OC(=O)c1ccccc1N(C)C. The summed E-state index contributed by atoms with van der Waals surface area (Å²) in [6.45, 7) is 3.69. The quantitative estimate of drug-likeness (QED) is 0.712. The van der Waals surface area contributed by atoms with E-state index >= 15 is 0 Å². The van der Waals surface area contributed by atoms with Crippen LogP contribution in [0.25, 0.3) is 0 Å². The topological polar surface area (TPSA) is 29.5 Å². The number of carbonyl (C=O) groups excluding carboxylic acids is 1. The first kappa shape index (κ1) is 11.6. The van der Waals surface area contributed by atoms with Gasteiger partial charge in [-0.3, -0.25) is 0 Å². The summed E-state index contributed by atoms with van der Waals surface area (Å²) < 4.78 is 5.16. The second-order valence-electron chi connectivity index (χ2n) is 3.87. The molecule has 0 heterocycles. The summed E-state index contributed by atoms with van der Waals surface area (Å²) in [5.41, 5.74) is 1.49. The number of anilines is 1. The third-order valence-corrected chi connectivity index (χ3v) is 1.95. The van der Waals surface area contributed by atoms with Crippen molar-refractivity contribution >= 4 is 11.7 Å². The van der Waals surface area contributed by atoms with Crippen LogP contribution in [0.3, 0.4) is 0 Å². The smallest absolute Gasteiger partial charge is 0.340 e. The summed E-state index contributed by atoms with van der Waals surface area (Å²) in [4.78, 5) is 13.6. The molecular weight excluding hydrogens is 190 g/mol. The zero-order valence-corrected chi connectivity index (χ0v) is 9.65. The Kier molecular flexibility index (Phi) is 3.72. The fourth-order valence-corrected chi connectivity index (χ4v) is 1.31. The number of esters is 1. The van der Waals surface area contributed by atoms with Crippen LogP contribution < -0.4 is 4.90 Å². The van der Waals surface area contributed by atoms with E-state index in [1.807, 2.05) is 51.0 Å². The van der Waals surface area contributed by atoms with Crippen molar-refractivity contribution in [2.75, 3.05) is 19.0 Å². The highest BCUT2D eigenvalue weighted by Gasteiger charge is 2.14. The minimum absolute atomic E-state index is 0.0901. The van der Waals surface area contributed by atoms with Gasteiger partial charge in [-0.25, -0.2) is 4.79 Å². The molecule has 0 N–H and O–H groups in total. The minimum atomic E-state index is -0.269.